The molecule has 1 heterocycles. The van der Waals surface area contributed by atoms with E-state index < -0.39 is 0 Å². The minimum atomic E-state index is -0.349. The first-order valence-electron chi connectivity index (χ1n) is 24.3. The zero-order valence-electron chi connectivity index (χ0n) is 40.2. The van der Waals surface area contributed by atoms with Crippen LogP contribution in [0.1, 0.15) is 68.7 Å². The first kappa shape index (κ1) is 46.0. The third-order valence-corrected chi connectivity index (χ3v) is 13.3. The minimum Gasteiger partial charge on any atom is -0.356 e. The summed E-state index contributed by atoms with van der Waals surface area (Å²) in [7, 11) is 1.88. The molecule has 0 bridgehead atoms. The molecule has 3 aliphatic rings. The van der Waals surface area contributed by atoms with Crippen molar-refractivity contribution in [3.8, 4) is 22.3 Å². The SMILES string of the molecule is CC\C=C/C(=C\CC)C1=C/C=C(c2ccccc2)\N=c2/ccc(-c3ccccc3)c/c2=C\1C.CN(C=N)c1ccc(Nc2ccc3c(c2)C(C2=CCCC=C2)(c2ccccc2)c2ccccc2-3)cc1. The summed E-state index contributed by atoms with van der Waals surface area (Å²) in [5, 5.41) is 13.3. The topological polar surface area (TPSA) is 51.5 Å². The lowest BCUT2D eigenvalue weighted by Gasteiger charge is -2.35. The summed E-state index contributed by atoms with van der Waals surface area (Å²) in [6.07, 6.45) is 23.8. The first-order chi connectivity index (χ1) is 33.9. The molecule has 10 rings (SSSR count). The number of nitrogens with zero attached hydrogens (tertiary/aromatic N) is 2. The maximum Gasteiger partial charge on any atom is 0.0859 e. The highest BCUT2D eigenvalue weighted by molar-refractivity contribution is 5.89. The van der Waals surface area contributed by atoms with Crippen LogP contribution < -0.4 is 20.8 Å². The van der Waals surface area contributed by atoms with Crippen molar-refractivity contribution in [2.24, 2.45) is 4.99 Å². The van der Waals surface area contributed by atoms with Crippen molar-refractivity contribution in [2.75, 3.05) is 17.3 Å². The molecule has 1 unspecified atom stereocenters. The predicted octanol–water partition coefficient (Wildman–Crippen LogP) is 15.5. The second-order valence-electron chi connectivity index (χ2n) is 17.7. The molecule has 69 heavy (non-hydrogen) atoms. The Kier molecular flexibility index (Phi) is 14.2. The number of hydrogen-bond acceptors (Lipinski definition) is 3. The van der Waals surface area contributed by atoms with Gasteiger partial charge in [0.25, 0.3) is 0 Å². The zero-order chi connectivity index (χ0) is 47.6. The summed E-state index contributed by atoms with van der Waals surface area (Å²) in [5.74, 6) is 0. The van der Waals surface area contributed by atoms with Crippen LogP contribution in [0, 0.1) is 5.41 Å². The van der Waals surface area contributed by atoms with Gasteiger partial charge in [-0.3, -0.25) is 5.41 Å². The number of allylic oxidation sites excluding steroid dienone is 11. The van der Waals surface area contributed by atoms with Crippen LogP contribution in [-0.2, 0) is 5.41 Å². The summed E-state index contributed by atoms with van der Waals surface area (Å²) >= 11 is 0. The van der Waals surface area contributed by atoms with Crippen LogP contribution in [0.2, 0.25) is 0 Å². The molecule has 0 aromatic heterocycles. The Morgan fingerprint density at radius 3 is 2.04 bits per heavy atom. The van der Waals surface area contributed by atoms with Gasteiger partial charge in [0.15, 0.2) is 0 Å². The minimum absolute atomic E-state index is 0.349. The molecule has 0 saturated heterocycles. The molecule has 2 N–H and O–H groups in total. The third-order valence-electron chi connectivity index (χ3n) is 13.3. The van der Waals surface area contributed by atoms with E-state index in [-0.39, 0.29) is 5.41 Å². The van der Waals surface area contributed by atoms with Crippen molar-refractivity contribution in [3.05, 3.63) is 274 Å². The fourth-order valence-electron chi connectivity index (χ4n) is 9.91. The summed E-state index contributed by atoms with van der Waals surface area (Å²) in [6.45, 7) is 6.59. The molecule has 0 saturated carbocycles. The second-order valence-corrected chi connectivity index (χ2v) is 17.7. The first-order valence-corrected chi connectivity index (χ1v) is 24.3. The Labute approximate surface area is 408 Å². The molecule has 340 valence electrons. The van der Waals surface area contributed by atoms with Crippen LogP contribution in [-0.4, -0.2) is 13.4 Å². The van der Waals surface area contributed by atoms with E-state index in [0.717, 1.165) is 59.4 Å². The van der Waals surface area contributed by atoms with Crippen molar-refractivity contribution >= 4 is 34.7 Å². The van der Waals surface area contributed by atoms with Crippen molar-refractivity contribution in [1.29, 1.82) is 5.41 Å². The highest BCUT2D eigenvalue weighted by atomic mass is 15.1. The summed E-state index contributed by atoms with van der Waals surface area (Å²) in [6, 6.07) is 62.4. The Morgan fingerprint density at radius 2 is 1.35 bits per heavy atom. The Bertz CT molecular complexity index is 3280. The third kappa shape index (κ3) is 9.57. The molecule has 1 atom stereocenters. The fraction of sp³-hybridized carbons (Fsp3) is 0.138. The van der Waals surface area contributed by atoms with E-state index in [4.69, 9.17) is 10.4 Å². The number of benzene rings is 7. The van der Waals surface area contributed by atoms with Gasteiger partial charge in [-0.25, -0.2) is 4.99 Å². The molecule has 4 heteroatoms. The Morgan fingerprint density at radius 1 is 0.667 bits per heavy atom. The molecule has 2 aliphatic carbocycles. The molecule has 1 aliphatic heterocycles. The maximum atomic E-state index is 7.47. The molecule has 0 radical (unpaired) electrons. The lowest BCUT2D eigenvalue weighted by molar-refractivity contribution is 0.752. The van der Waals surface area contributed by atoms with Gasteiger partial charge in [0.2, 0.25) is 0 Å². The van der Waals surface area contributed by atoms with E-state index in [1.807, 2.05) is 25.2 Å². The van der Waals surface area contributed by atoms with Gasteiger partial charge >= 0.3 is 0 Å². The molecule has 7 aromatic rings. The standard InChI is InChI=1S/C33H29N3.C32H31N/c1-36(23-34)28-19-16-26(17-20-28)35-27-18-21-30-29-14-8-9-15-31(29)33(32(30)22-27,24-10-4-2-5-11-24)25-12-6-3-7-13-25;1-4-6-14-26(13-5-2)29-20-22-31(27-17-11-8-12-18-27)33-32-21-19-28(23-30(32)24(29)3)25-15-9-7-10-16-25/h2,4-6,8-23,34-35H,3,7H2,1H3;6-23H,4-5H2,1-3H3/b;14-6-,22-20?,26-13+,29-20+,29-24?,30-24+,31-22-,33-31?,33-32+. The molecule has 0 amide bonds. The smallest absolute Gasteiger partial charge is 0.0859 e. The van der Waals surface area contributed by atoms with E-state index in [0.29, 0.717) is 0 Å². The van der Waals surface area contributed by atoms with E-state index in [1.165, 1.54) is 72.8 Å². The Hall–Kier alpha value is -8.08. The highest BCUT2D eigenvalue weighted by Gasteiger charge is 2.46. The van der Waals surface area contributed by atoms with Crippen molar-refractivity contribution in [2.45, 2.75) is 51.9 Å². The quantitative estimate of drug-likeness (QED) is 0.0729. The largest absolute Gasteiger partial charge is 0.356 e. The van der Waals surface area contributed by atoms with Crippen LogP contribution in [0.4, 0.5) is 17.1 Å². The van der Waals surface area contributed by atoms with Crippen LogP contribution in [0.25, 0.3) is 33.5 Å². The normalized spacial score (nSPS) is 18.8. The molecule has 0 fully saturated rings. The van der Waals surface area contributed by atoms with Gasteiger partial charge < -0.3 is 10.2 Å². The van der Waals surface area contributed by atoms with E-state index in [9.17, 15) is 0 Å². The molecule has 4 nitrogen and oxygen atoms in total. The zero-order valence-corrected chi connectivity index (χ0v) is 40.2. The summed E-state index contributed by atoms with van der Waals surface area (Å²) < 4.78 is 0. The average Bonchev–Trinajstić information content (AvgIpc) is 3.70. The number of rotatable bonds is 12. The van der Waals surface area contributed by atoms with E-state index in [2.05, 4.69) is 232 Å². The van der Waals surface area contributed by atoms with Crippen molar-refractivity contribution < 1.29 is 0 Å². The number of hydrogen-bond donors (Lipinski definition) is 2. The number of anilines is 3. The van der Waals surface area contributed by atoms with Gasteiger partial charge in [-0.2, -0.15) is 0 Å². The molecular weight excluding hydrogens is 837 g/mol. The van der Waals surface area contributed by atoms with Crippen LogP contribution >= 0.6 is 0 Å². The van der Waals surface area contributed by atoms with Gasteiger partial charge in [0, 0.05) is 34.9 Å². The predicted molar refractivity (Wildman–Crippen MR) is 294 cm³/mol. The van der Waals surface area contributed by atoms with Crippen LogP contribution in [0.15, 0.2) is 246 Å². The van der Waals surface area contributed by atoms with Crippen molar-refractivity contribution in [3.63, 3.8) is 0 Å². The van der Waals surface area contributed by atoms with Gasteiger partial charge in [0.05, 0.1) is 22.8 Å². The van der Waals surface area contributed by atoms with Crippen molar-refractivity contribution in [1.82, 2.24) is 0 Å². The molecule has 7 aromatic carbocycles. The van der Waals surface area contributed by atoms with Gasteiger partial charge in [-0.1, -0.05) is 184 Å². The maximum absolute atomic E-state index is 7.47. The second kappa shape index (κ2) is 21.3. The highest BCUT2D eigenvalue weighted by Crippen LogP contribution is 2.57. The van der Waals surface area contributed by atoms with Crippen LogP contribution in [0.3, 0.4) is 0 Å². The summed E-state index contributed by atoms with van der Waals surface area (Å²) in [5.41, 5.74) is 18.9. The van der Waals surface area contributed by atoms with E-state index in [1.54, 1.807) is 4.90 Å². The fourth-order valence-corrected chi connectivity index (χ4v) is 9.91. The monoisotopic (exact) mass is 896 g/mol. The average molecular weight is 897 g/mol. The van der Waals surface area contributed by atoms with Crippen LogP contribution in [0.5, 0.6) is 0 Å². The van der Waals surface area contributed by atoms with Gasteiger partial charge in [0.1, 0.15) is 0 Å². The lowest BCUT2D eigenvalue weighted by Crippen LogP contribution is -2.29. The van der Waals surface area contributed by atoms with Gasteiger partial charge in [-0.15, -0.1) is 0 Å². The number of fused-ring (bicyclic) bond motifs is 4. The van der Waals surface area contributed by atoms with Gasteiger partial charge in [-0.05, 0) is 148 Å². The molecular formula is C65H60N4. The number of nitrogens with one attached hydrogen (secondary N) is 2. The lowest BCUT2D eigenvalue weighted by atomic mass is 9.66. The Balaban J connectivity index is 0.000000173. The van der Waals surface area contributed by atoms with E-state index >= 15 is 0 Å². The molecule has 0 spiro atoms. The summed E-state index contributed by atoms with van der Waals surface area (Å²) in [4.78, 5) is 6.90.